The van der Waals surface area contributed by atoms with Gasteiger partial charge in [0.15, 0.2) is 19.7 Å². The second-order valence-corrected chi connectivity index (χ2v) is 9.70. The number of halogens is 1. The lowest BCUT2D eigenvalue weighted by atomic mass is 10.3. The summed E-state index contributed by atoms with van der Waals surface area (Å²) in [6, 6.07) is 1.86. The van der Waals surface area contributed by atoms with Crippen molar-refractivity contribution in [1.29, 1.82) is 0 Å². The summed E-state index contributed by atoms with van der Waals surface area (Å²) in [7, 11) is -8.07. The summed E-state index contributed by atoms with van der Waals surface area (Å²) in [5, 5.41) is -0.260. The summed E-state index contributed by atoms with van der Waals surface area (Å²) >= 11 is 5.89. The van der Waals surface area contributed by atoms with Crippen LogP contribution in [0.2, 0.25) is 5.02 Å². The highest BCUT2D eigenvalue weighted by Crippen LogP contribution is 2.31. The molecule has 0 aromatic heterocycles. The summed E-state index contributed by atoms with van der Waals surface area (Å²) in [6.45, 7) is 1.43. The summed E-state index contributed by atoms with van der Waals surface area (Å²) in [5.41, 5.74) is 5.42. The van der Waals surface area contributed by atoms with Gasteiger partial charge < -0.3 is 15.2 Å². The molecule has 26 heavy (non-hydrogen) atoms. The summed E-state index contributed by atoms with van der Waals surface area (Å²) < 4.78 is 58.6. The van der Waals surface area contributed by atoms with Crippen molar-refractivity contribution in [2.75, 3.05) is 30.5 Å². The molecule has 0 unspecified atom stereocenters. The monoisotopic (exact) mass is 427 g/mol. The fourth-order valence-corrected chi connectivity index (χ4v) is 4.88. The van der Waals surface area contributed by atoms with Crippen LogP contribution in [0, 0.1) is 0 Å². The maximum atomic E-state index is 12.3. The molecule has 12 heteroatoms. The van der Waals surface area contributed by atoms with Crippen molar-refractivity contribution in [3.63, 3.8) is 0 Å². The minimum Gasteiger partial charge on any atom is -0.465 e. The lowest BCUT2D eigenvalue weighted by Gasteiger charge is -2.12. The number of carbonyl (C=O) groups excluding carboxylic acids is 2. The zero-order valence-electron chi connectivity index (χ0n) is 14.0. The molecule has 0 amide bonds. The third kappa shape index (κ3) is 6.15. The highest BCUT2D eigenvalue weighted by molar-refractivity contribution is 7.92. The van der Waals surface area contributed by atoms with Gasteiger partial charge in [-0.1, -0.05) is 11.6 Å². The van der Waals surface area contributed by atoms with E-state index in [9.17, 15) is 26.4 Å². The molecule has 0 aliphatic heterocycles. The molecule has 1 aromatic rings. The number of rotatable bonds is 8. The molecule has 0 radical (unpaired) electrons. The Kier molecular flexibility index (Phi) is 7.42. The largest absolute Gasteiger partial charge is 0.465 e. The quantitative estimate of drug-likeness (QED) is 0.465. The van der Waals surface area contributed by atoms with Crippen molar-refractivity contribution in [3.8, 4) is 0 Å². The van der Waals surface area contributed by atoms with Gasteiger partial charge in [0.25, 0.3) is 0 Å². The van der Waals surface area contributed by atoms with Crippen molar-refractivity contribution in [2.45, 2.75) is 23.6 Å². The lowest BCUT2D eigenvalue weighted by molar-refractivity contribution is -0.141. The van der Waals surface area contributed by atoms with Crippen LogP contribution < -0.4 is 5.73 Å². The molecular formula is C14H18ClNO8S2. The van der Waals surface area contributed by atoms with Crippen LogP contribution in [-0.4, -0.2) is 53.5 Å². The number of nitrogen functional groups attached to an aromatic ring is 1. The molecule has 0 fully saturated rings. The van der Waals surface area contributed by atoms with Gasteiger partial charge in [-0.3, -0.25) is 9.59 Å². The SMILES string of the molecule is CC(=O)OCCS(=O)(=O)c1cc(S(=O)(=O)CCOC(C)=O)c(Cl)cc1N. The van der Waals surface area contributed by atoms with Crippen LogP contribution in [0.5, 0.6) is 0 Å². The third-order valence-corrected chi connectivity index (χ3v) is 6.91. The Morgan fingerprint density at radius 1 is 0.923 bits per heavy atom. The molecule has 1 rings (SSSR count). The van der Waals surface area contributed by atoms with Crippen LogP contribution in [0.25, 0.3) is 0 Å². The van der Waals surface area contributed by atoms with Crippen molar-refractivity contribution in [1.82, 2.24) is 0 Å². The number of hydrogen-bond donors (Lipinski definition) is 1. The Bertz CT molecular complexity index is 838. The number of nitrogens with two attached hydrogens (primary N) is 1. The number of hydrogen-bond acceptors (Lipinski definition) is 9. The number of carbonyl (C=O) groups is 2. The molecule has 0 bridgehead atoms. The van der Waals surface area contributed by atoms with Crippen LogP contribution in [0.1, 0.15) is 13.8 Å². The van der Waals surface area contributed by atoms with Gasteiger partial charge in [-0.05, 0) is 12.1 Å². The lowest BCUT2D eigenvalue weighted by Crippen LogP contribution is -2.18. The number of ether oxygens (including phenoxy) is 2. The molecule has 0 saturated heterocycles. The Morgan fingerprint density at radius 2 is 1.35 bits per heavy atom. The van der Waals surface area contributed by atoms with Gasteiger partial charge in [-0.15, -0.1) is 0 Å². The van der Waals surface area contributed by atoms with Crippen molar-refractivity contribution in [2.24, 2.45) is 0 Å². The van der Waals surface area contributed by atoms with Crippen LogP contribution in [-0.2, 0) is 38.7 Å². The average Bonchev–Trinajstić information content (AvgIpc) is 2.45. The molecule has 2 N–H and O–H groups in total. The van der Waals surface area contributed by atoms with E-state index in [-0.39, 0.29) is 10.7 Å². The topological polar surface area (TPSA) is 147 Å². The van der Waals surface area contributed by atoms with Crippen molar-refractivity contribution < 1.29 is 35.9 Å². The van der Waals surface area contributed by atoms with Crippen molar-refractivity contribution >= 4 is 48.9 Å². The minimum atomic E-state index is -4.03. The molecule has 1 aromatic carbocycles. The first-order valence-electron chi connectivity index (χ1n) is 7.18. The Hall–Kier alpha value is -1.85. The van der Waals surface area contributed by atoms with Crippen molar-refractivity contribution in [3.05, 3.63) is 17.2 Å². The molecule has 146 valence electrons. The van der Waals surface area contributed by atoms with Gasteiger partial charge in [0.2, 0.25) is 0 Å². The van der Waals surface area contributed by atoms with E-state index >= 15 is 0 Å². The highest BCUT2D eigenvalue weighted by Gasteiger charge is 2.25. The zero-order valence-corrected chi connectivity index (χ0v) is 16.4. The fourth-order valence-electron chi connectivity index (χ4n) is 1.87. The highest BCUT2D eigenvalue weighted by atomic mass is 35.5. The molecule has 0 spiro atoms. The van der Waals surface area contributed by atoms with Gasteiger partial charge in [0.1, 0.15) is 13.2 Å². The Labute approximate surface area is 156 Å². The van der Waals surface area contributed by atoms with E-state index in [1.165, 1.54) is 0 Å². The van der Waals surface area contributed by atoms with Gasteiger partial charge in [-0.2, -0.15) is 0 Å². The Balaban J connectivity index is 3.19. The number of esters is 2. The smallest absolute Gasteiger partial charge is 0.302 e. The molecule has 0 heterocycles. The molecule has 0 atom stereocenters. The van der Waals surface area contributed by atoms with Gasteiger partial charge in [-0.25, -0.2) is 16.8 Å². The van der Waals surface area contributed by atoms with Crippen LogP contribution in [0.4, 0.5) is 5.69 Å². The van der Waals surface area contributed by atoms with E-state index in [0.717, 1.165) is 26.0 Å². The second kappa shape index (κ2) is 8.69. The maximum absolute atomic E-state index is 12.3. The summed E-state index contributed by atoms with van der Waals surface area (Å²) in [4.78, 5) is 20.6. The van der Waals surface area contributed by atoms with E-state index in [1.54, 1.807) is 0 Å². The molecular weight excluding hydrogens is 410 g/mol. The maximum Gasteiger partial charge on any atom is 0.302 e. The standard InChI is InChI=1S/C14H18ClNO8S2/c1-9(17)23-3-5-25(19,20)13-8-14(12(16)7-11(13)15)26(21,22)6-4-24-10(2)18/h7-8H,3-6,16H2,1-2H3. The van der Waals surface area contributed by atoms with E-state index in [1.807, 2.05) is 0 Å². The number of benzene rings is 1. The first-order chi connectivity index (χ1) is 11.9. The van der Waals surface area contributed by atoms with Gasteiger partial charge in [0, 0.05) is 13.8 Å². The zero-order chi connectivity index (χ0) is 20.1. The predicted molar refractivity (Wildman–Crippen MR) is 93.2 cm³/mol. The normalized spacial score (nSPS) is 11.8. The molecule has 9 nitrogen and oxygen atoms in total. The first kappa shape index (κ1) is 22.2. The molecule has 0 saturated carbocycles. The first-order valence-corrected chi connectivity index (χ1v) is 10.9. The third-order valence-electron chi connectivity index (χ3n) is 3.05. The molecule has 0 aliphatic rings. The second-order valence-electron chi connectivity index (χ2n) is 5.14. The van der Waals surface area contributed by atoms with E-state index in [4.69, 9.17) is 17.3 Å². The number of sulfone groups is 2. The Morgan fingerprint density at radius 3 is 1.77 bits per heavy atom. The summed E-state index contributed by atoms with van der Waals surface area (Å²) in [6.07, 6.45) is 0. The average molecular weight is 428 g/mol. The summed E-state index contributed by atoms with van der Waals surface area (Å²) in [5.74, 6) is -2.47. The van der Waals surface area contributed by atoms with E-state index in [2.05, 4.69) is 9.47 Å². The molecule has 0 aliphatic carbocycles. The van der Waals surface area contributed by atoms with Crippen LogP contribution in [0.15, 0.2) is 21.9 Å². The van der Waals surface area contributed by atoms with E-state index < -0.39 is 66.1 Å². The number of anilines is 1. The van der Waals surface area contributed by atoms with Crippen LogP contribution in [0.3, 0.4) is 0 Å². The predicted octanol–water partition coefficient (Wildman–Crippen LogP) is 0.596. The van der Waals surface area contributed by atoms with E-state index in [0.29, 0.717) is 0 Å². The van der Waals surface area contributed by atoms with Gasteiger partial charge in [0.05, 0.1) is 32.0 Å². The fraction of sp³-hybridized carbons (Fsp3) is 0.429. The van der Waals surface area contributed by atoms with Crippen LogP contribution >= 0.6 is 11.6 Å². The van der Waals surface area contributed by atoms with Gasteiger partial charge >= 0.3 is 11.9 Å². The minimum absolute atomic E-state index is 0.239.